The number of rotatable bonds is 4. The molecule has 1 aromatic heterocycles. The standard InChI is InChI=1S/C17H22FN5O2/c1-3-15-20-16(25-21-15)12(2)22-8-10-23(11-9-22)17(24)19-14-6-4-13(18)5-7-14/h4-7,12H,3,8-11H2,1-2H3,(H,19,24). The van der Waals surface area contributed by atoms with E-state index in [2.05, 4.69) is 20.4 Å². The van der Waals surface area contributed by atoms with Gasteiger partial charge in [-0.1, -0.05) is 12.1 Å². The molecule has 0 radical (unpaired) electrons. The zero-order chi connectivity index (χ0) is 17.8. The van der Waals surface area contributed by atoms with Crippen molar-refractivity contribution in [3.05, 3.63) is 41.8 Å². The zero-order valence-corrected chi connectivity index (χ0v) is 14.4. The largest absolute Gasteiger partial charge is 0.338 e. The molecule has 2 aromatic rings. The van der Waals surface area contributed by atoms with Crippen LogP contribution < -0.4 is 5.32 Å². The number of carbonyl (C=O) groups is 1. The number of nitrogens with zero attached hydrogens (tertiary/aromatic N) is 4. The number of aromatic nitrogens is 2. The molecule has 0 aliphatic carbocycles. The number of amides is 2. The summed E-state index contributed by atoms with van der Waals surface area (Å²) in [6.45, 7) is 6.67. The fourth-order valence-corrected chi connectivity index (χ4v) is 2.79. The Hall–Kier alpha value is -2.48. The van der Waals surface area contributed by atoms with Crippen LogP contribution in [0.15, 0.2) is 28.8 Å². The number of piperazine rings is 1. The minimum atomic E-state index is -0.326. The van der Waals surface area contributed by atoms with Crippen LogP contribution in [0, 0.1) is 5.82 Å². The summed E-state index contributed by atoms with van der Waals surface area (Å²) in [4.78, 5) is 20.6. The molecular formula is C17H22FN5O2. The van der Waals surface area contributed by atoms with Crippen molar-refractivity contribution < 1.29 is 13.7 Å². The highest BCUT2D eigenvalue weighted by atomic mass is 19.1. The average molecular weight is 347 g/mol. The van der Waals surface area contributed by atoms with E-state index in [1.54, 1.807) is 17.0 Å². The summed E-state index contributed by atoms with van der Waals surface area (Å²) in [5.74, 6) is 0.994. The Morgan fingerprint density at radius 1 is 1.28 bits per heavy atom. The highest BCUT2D eigenvalue weighted by Crippen LogP contribution is 2.20. The van der Waals surface area contributed by atoms with E-state index < -0.39 is 0 Å². The van der Waals surface area contributed by atoms with E-state index in [-0.39, 0.29) is 17.9 Å². The van der Waals surface area contributed by atoms with Crippen molar-refractivity contribution in [3.63, 3.8) is 0 Å². The number of hydrogen-bond donors (Lipinski definition) is 1. The summed E-state index contributed by atoms with van der Waals surface area (Å²) < 4.78 is 18.2. The molecule has 7 nitrogen and oxygen atoms in total. The number of hydrogen-bond acceptors (Lipinski definition) is 5. The second-order valence-corrected chi connectivity index (χ2v) is 6.04. The third-order valence-corrected chi connectivity index (χ3v) is 4.40. The van der Waals surface area contributed by atoms with Gasteiger partial charge in [0.1, 0.15) is 5.82 Å². The zero-order valence-electron chi connectivity index (χ0n) is 14.4. The molecule has 3 rings (SSSR count). The molecule has 2 amide bonds. The molecule has 25 heavy (non-hydrogen) atoms. The summed E-state index contributed by atoms with van der Waals surface area (Å²) in [6.07, 6.45) is 0.744. The molecule has 1 aliphatic heterocycles. The van der Waals surface area contributed by atoms with Gasteiger partial charge in [-0.25, -0.2) is 9.18 Å². The van der Waals surface area contributed by atoms with Crippen molar-refractivity contribution in [1.29, 1.82) is 0 Å². The van der Waals surface area contributed by atoms with Crippen molar-refractivity contribution in [1.82, 2.24) is 19.9 Å². The monoisotopic (exact) mass is 347 g/mol. The van der Waals surface area contributed by atoms with Gasteiger partial charge in [-0.15, -0.1) is 0 Å². The second kappa shape index (κ2) is 7.60. The van der Waals surface area contributed by atoms with Crippen molar-refractivity contribution in [3.8, 4) is 0 Å². The maximum Gasteiger partial charge on any atom is 0.321 e. The lowest BCUT2D eigenvalue weighted by Gasteiger charge is -2.36. The predicted molar refractivity (Wildman–Crippen MR) is 90.7 cm³/mol. The lowest BCUT2D eigenvalue weighted by Crippen LogP contribution is -2.50. The molecule has 0 spiro atoms. The van der Waals surface area contributed by atoms with Crippen LogP contribution in [0.25, 0.3) is 0 Å². The number of aryl methyl sites for hydroxylation is 1. The Morgan fingerprint density at radius 2 is 1.96 bits per heavy atom. The van der Waals surface area contributed by atoms with E-state index in [4.69, 9.17) is 4.52 Å². The number of carbonyl (C=O) groups excluding carboxylic acids is 1. The summed E-state index contributed by atoms with van der Waals surface area (Å²) >= 11 is 0. The SMILES string of the molecule is CCc1noc(C(C)N2CCN(C(=O)Nc3ccc(F)cc3)CC2)n1. The van der Waals surface area contributed by atoms with Gasteiger partial charge in [0.2, 0.25) is 5.89 Å². The number of benzene rings is 1. The van der Waals surface area contributed by atoms with E-state index in [0.717, 1.165) is 19.5 Å². The lowest BCUT2D eigenvalue weighted by atomic mass is 10.2. The first kappa shape index (κ1) is 17.3. The molecule has 1 N–H and O–H groups in total. The molecule has 134 valence electrons. The van der Waals surface area contributed by atoms with Crippen molar-refractivity contribution >= 4 is 11.7 Å². The van der Waals surface area contributed by atoms with Gasteiger partial charge >= 0.3 is 6.03 Å². The first-order valence-electron chi connectivity index (χ1n) is 8.45. The summed E-state index contributed by atoms with van der Waals surface area (Å²) in [6, 6.07) is 5.59. The van der Waals surface area contributed by atoms with E-state index in [9.17, 15) is 9.18 Å². The minimum absolute atomic E-state index is 0.0232. The normalized spacial score (nSPS) is 16.7. The van der Waals surface area contributed by atoms with Crippen LogP contribution in [0.5, 0.6) is 0 Å². The average Bonchev–Trinajstić information content (AvgIpc) is 3.12. The Bertz CT molecular complexity index is 710. The first-order chi connectivity index (χ1) is 12.1. The molecule has 2 heterocycles. The number of nitrogens with one attached hydrogen (secondary N) is 1. The smallest absolute Gasteiger partial charge is 0.321 e. The molecular weight excluding hydrogens is 325 g/mol. The van der Waals surface area contributed by atoms with Crippen LogP contribution in [0.3, 0.4) is 0 Å². The van der Waals surface area contributed by atoms with Crippen LogP contribution >= 0.6 is 0 Å². The van der Waals surface area contributed by atoms with Gasteiger partial charge in [-0.2, -0.15) is 4.98 Å². The summed E-state index contributed by atoms with van der Waals surface area (Å²) in [5.41, 5.74) is 0.583. The van der Waals surface area contributed by atoms with Crippen molar-refractivity contribution in [2.24, 2.45) is 0 Å². The quantitative estimate of drug-likeness (QED) is 0.920. The molecule has 1 aliphatic rings. The van der Waals surface area contributed by atoms with Crippen molar-refractivity contribution in [2.45, 2.75) is 26.3 Å². The van der Waals surface area contributed by atoms with Crippen LogP contribution in [0.4, 0.5) is 14.9 Å². The second-order valence-electron chi connectivity index (χ2n) is 6.04. The van der Waals surface area contributed by atoms with E-state index in [0.29, 0.717) is 30.5 Å². The van der Waals surface area contributed by atoms with Gasteiger partial charge in [0.05, 0.1) is 6.04 Å². The molecule has 1 unspecified atom stereocenters. The third kappa shape index (κ3) is 4.14. The Morgan fingerprint density at radius 3 is 2.56 bits per heavy atom. The molecule has 1 atom stereocenters. The van der Waals surface area contributed by atoms with Crippen LogP contribution in [-0.4, -0.2) is 52.2 Å². The van der Waals surface area contributed by atoms with Crippen LogP contribution in [0.1, 0.15) is 31.6 Å². The molecule has 8 heteroatoms. The van der Waals surface area contributed by atoms with E-state index in [1.807, 2.05) is 13.8 Å². The first-order valence-corrected chi connectivity index (χ1v) is 8.45. The summed E-state index contributed by atoms with van der Waals surface area (Å²) in [7, 11) is 0. The summed E-state index contributed by atoms with van der Waals surface area (Å²) in [5, 5.41) is 6.72. The fraction of sp³-hybridized carbons (Fsp3) is 0.471. The van der Waals surface area contributed by atoms with Gasteiger partial charge in [0.15, 0.2) is 5.82 Å². The van der Waals surface area contributed by atoms with Crippen molar-refractivity contribution in [2.75, 3.05) is 31.5 Å². The Kier molecular flexibility index (Phi) is 5.28. The fourth-order valence-electron chi connectivity index (χ4n) is 2.79. The van der Waals surface area contributed by atoms with Gasteiger partial charge in [0.25, 0.3) is 0 Å². The number of urea groups is 1. The maximum atomic E-state index is 12.9. The number of anilines is 1. The predicted octanol–water partition coefficient (Wildman–Crippen LogP) is 2.68. The Balaban J connectivity index is 1.52. The molecule has 1 aromatic carbocycles. The molecule has 1 fully saturated rings. The molecule has 0 saturated carbocycles. The van der Waals surface area contributed by atoms with Gasteiger partial charge < -0.3 is 14.7 Å². The highest BCUT2D eigenvalue weighted by molar-refractivity contribution is 5.89. The lowest BCUT2D eigenvalue weighted by molar-refractivity contribution is 0.104. The van der Waals surface area contributed by atoms with Crippen LogP contribution in [-0.2, 0) is 6.42 Å². The Labute approximate surface area is 145 Å². The van der Waals surface area contributed by atoms with Crippen LogP contribution in [0.2, 0.25) is 0 Å². The van der Waals surface area contributed by atoms with Gasteiger partial charge in [-0.3, -0.25) is 4.90 Å². The topological polar surface area (TPSA) is 74.5 Å². The van der Waals surface area contributed by atoms with Gasteiger partial charge in [0, 0.05) is 38.3 Å². The third-order valence-electron chi connectivity index (χ3n) is 4.40. The van der Waals surface area contributed by atoms with E-state index in [1.165, 1.54) is 12.1 Å². The van der Waals surface area contributed by atoms with E-state index >= 15 is 0 Å². The number of halogens is 1. The minimum Gasteiger partial charge on any atom is -0.338 e. The maximum absolute atomic E-state index is 12.9. The highest BCUT2D eigenvalue weighted by Gasteiger charge is 2.27. The molecule has 1 saturated heterocycles. The molecule has 0 bridgehead atoms. The van der Waals surface area contributed by atoms with Gasteiger partial charge in [-0.05, 0) is 31.2 Å².